The first-order valence-electron chi connectivity index (χ1n) is 25.2. The summed E-state index contributed by atoms with van der Waals surface area (Å²) in [6.45, 7) is 11.9. The summed E-state index contributed by atoms with van der Waals surface area (Å²) < 4.78 is 88.2. The maximum atomic E-state index is 13.6. The number of likely N-dealkylation sites (tertiary alicyclic amines) is 3. The van der Waals surface area contributed by atoms with Crippen molar-refractivity contribution >= 4 is 11.9 Å². The number of carbonyl (C=O) groups is 2. The number of rotatable bonds is 10. The number of carboxylic acids is 1. The molecule has 6 atom stereocenters. The van der Waals surface area contributed by atoms with Crippen LogP contribution < -0.4 is 0 Å². The number of halogens is 6. The Labute approximate surface area is 420 Å². The Balaban J connectivity index is 0.000000175. The number of carboxylic acid groups (broad SMARTS) is 1. The molecule has 392 valence electrons. The Hall–Kier alpha value is -4.84. The summed E-state index contributed by atoms with van der Waals surface area (Å²) in [5.41, 5.74) is 1.67. The Morgan fingerprint density at radius 1 is 0.514 bits per heavy atom. The van der Waals surface area contributed by atoms with Crippen LogP contribution in [0.2, 0.25) is 0 Å². The van der Waals surface area contributed by atoms with Crippen molar-refractivity contribution in [3.8, 4) is 0 Å². The van der Waals surface area contributed by atoms with E-state index in [0.29, 0.717) is 44.0 Å². The molecule has 6 fully saturated rings. The van der Waals surface area contributed by atoms with Gasteiger partial charge in [0.15, 0.2) is 0 Å². The molecular formula is C56H71F6N5O5. The molecule has 0 spiro atoms. The zero-order valence-electron chi connectivity index (χ0n) is 40.3. The number of hydrogen-bond acceptors (Lipinski definition) is 8. The highest BCUT2D eigenvalue weighted by Crippen LogP contribution is 2.36. The summed E-state index contributed by atoms with van der Waals surface area (Å²) in [6, 6.07) is 32.0. The number of alkyl halides is 6. The lowest BCUT2D eigenvalue weighted by Crippen LogP contribution is -2.71. The fourth-order valence-corrected chi connectivity index (χ4v) is 11.7. The van der Waals surface area contributed by atoms with E-state index in [0.717, 1.165) is 82.4 Å². The van der Waals surface area contributed by atoms with Crippen molar-refractivity contribution in [2.75, 3.05) is 72.2 Å². The highest BCUT2D eigenvalue weighted by Gasteiger charge is 2.48. The van der Waals surface area contributed by atoms with Gasteiger partial charge in [-0.25, -0.2) is 0 Å². The topological polar surface area (TPSA) is 89.0 Å². The predicted octanol–water partition coefficient (Wildman–Crippen LogP) is 9.55. The van der Waals surface area contributed by atoms with Crippen molar-refractivity contribution in [2.45, 2.75) is 114 Å². The predicted molar refractivity (Wildman–Crippen MR) is 265 cm³/mol. The number of aliphatic carboxylic acids is 1. The minimum atomic E-state index is -4.42. The van der Waals surface area contributed by atoms with E-state index in [1.807, 2.05) is 23.1 Å². The molecule has 4 aromatic carbocycles. The molecular weight excluding hydrogens is 937 g/mol. The van der Waals surface area contributed by atoms with E-state index in [2.05, 4.69) is 62.1 Å². The lowest BCUT2D eigenvalue weighted by atomic mass is 9.81. The van der Waals surface area contributed by atoms with Gasteiger partial charge in [-0.05, 0) is 112 Å². The van der Waals surface area contributed by atoms with Gasteiger partial charge in [-0.2, -0.15) is 26.3 Å². The van der Waals surface area contributed by atoms with E-state index in [-0.39, 0.29) is 43.4 Å². The normalized spacial score (nSPS) is 25.2. The SMILES string of the molecule is C.O=C(Cc1cccc(C(F)(F)F)c1)N1CCN(Cc2ccccc2)[C@@H]2COC[C@H](N3CCCC3)[C@H]21.O=C(O)Cc1cccc(C(F)(F)F)c1.c1ccc(CN2CCC[C@H]3[C@H]2COC[C@@H]3N2CCCC2)cc1. The fourth-order valence-electron chi connectivity index (χ4n) is 11.7. The summed E-state index contributed by atoms with van der Waals surface area (Å²) >= 11 is 0. The van der Waals surface area contributed by atoms with Crippen molar-refractivity contribution in [1.82, 2.24) is 24.5 Å². The van der Waals surface area contributed by atoms with Gasteiger partial charge in [-0.3, -0.25) is 29.2 Å². The first-order valence-corrected chi connectivity index (χ1v) is 25.2. The van der Waals surface area contributed by atoms with Crippen molar-refractivity contribution in [1.29, 1.82) is 0 Å². The van der Waals surface area contributed by atoms with Crippen LogP contribution >= 0.6 is 0 Å². The maximum Gasteiger partial charge on any atom is 0.416 e. The molecule has 6 saturated heterocycles. The molecule has 0 radical (unpaired) electrons. The quantitative estimate of drug-likeness (QED) is 0.156. The number of carbonyl (C=O) groups excluding carboxylic acids is 1. The summed E-state index contributed by atoms with van der Waals surface area (Å²) in [5.74, 6) is -0.446. The molecule has 0 aromatic heterocycles. The van der Waals surface area contributed by atoms with Crippen LogP contribution in [0, 0.1) is 5.92 Å². The van der Waals surface area contributed by atoms with Crippen LogP contribution in [0.4, 0.5) is 26.3 Å². The second-order valence-corrected chi connectivity index (χ2v) is 19.8. The van der Waals surface area contributed by atoms with Crippen molar-refractivity contribution < 1.29 is 50.5 Å². The molecule has 1 amide bonds. The summed E-state index contributed by atoms with van der Waals surface area (Å²) in [4.78, 5) is 36.0. The van der Waals surface area contributed by atoms with Gasteiger partial charge in [0.05, 0.1) is 68.5 Å². The first kappa shape index (κ1) is 54.9. The average Bonchev–Trinajstić information content (AvgIpc) is 4.11. The third-order valence-electron chi connectivity index (χ3n) is 15.1. The average molecular weight is 1010 g/mol. The molecule has 0 bridgehead atoms. The molecule has 0 saturated carbocycles. The van der Waals surface area contributed by atoms with Crippen LogP contribution in [0.3, 0.4) is 0 Å². The maximum absolute atomic E-state index is 13.6. The van der Waals surface area contributed by atoms with Gasteiger partial charge >= 0.3 is 18.3 Å². The van der Waals surface area contributed by atoms with Gasteiger partial charge in [0.25, 0.3) is 0 Å². The number of ether oxygens (including phenoxy) is 2. The molecule has 6 aliphatic rings. The molecule has 4 aromatic rings. The minimum Gasteiger partial charge on any atom is -0.481 e. The second-order valence-electron chi connectivity index (χ2n) is 19.8. The van der Waals surface area contributed by atoms with Gasteiger partial charge in [0.2, 0.25) is 5.91 Å². The molecule has 1 N–H and O–H groups in total. The number of hydrogen-bond donors (Lipinski definition) is 1. The minimum absolute atomic E-state index is 0. The Bertz CT molecular complexity index is 2310. The number of piperidine rings is 1. The van der Waals surface area contributed by atoms with Crippen molar-refractivity contribution in [3.63, 3.8) is 0 Å². The number of nitrogens with zero attached hydrogens (tertiary/aromatic N) is 5. The fraction of sp³-hybridized carbons (Fsp3) is 0.536. The number of amides is 1. The molecule has 6 aliphatic heterocycles. The summed E-state index contributed by atoms with van der Waals surface area (Å²) in [5, 5.41) is 8.38. The third-order valence-corrected chi connectivity index (χ3v) is 15.1. The van der Waals surface area contributed by atoms with E-state index < -0.39 is 35.9 Å². The summed E-state index contributed by atoms with van der Waals surface area (Å²) in [7, 11) is 0. The number of benzene rings is 4. The van der Waals surface area contributed by atoms with Crippen LogP contribution in [0.5, 0.6) is 0 Å². The van der Waals surface area contributed by atoms with Gasteiger partial charge in [-0.1, -0.05) is 104 Å². The van der Waals surface area contributed by atoms with Crippen molar-refractivity contribution in [3.05, 3.63) is 143 Å². The Morgan fingerprint density at radius 2 is 0.972 bits per heavy atom. The Morgan fingerprint density at radius 3 is 1.50 bits per heavy atom. The molecule has 16 heteroatoms. The van der Waals surface area contributed by atoms with Crippen LogP contribution in [0.15, 0.2) is 109 Å². The first-order chi connectivity index (χ1) is 34.2. The monoisotopic (exact) mass is 1010 g/mol. The second kappa shape index (κ2) is 25.4. The van der Waals surface area contributed by atoms with Crippen LogP contribution in [0.1, 0.15) is 79.3 Å². The zero-order valence-corrected chi connectivity index (χ0v) is 40.3. The molecule has 72 heavy (non-hydrogen) atoms. The van der Waals surface area contributed by atoms with Crippen LogP contribution in [-0.2, 0) is 57.3 Å². The highest BCUT2D eigenvalue weighted by atomic mass is 19.4. The van der Waals surface area contributed by atoms with Gasteiger partial charge < -0.3 is 19.5 Å². The third kappa shape index (κ3) is 14.5. The Kier molecular flexibility index (Phi) is 19.4. The highest BCUT2D eigenvalue weighted by molar-refractivity contribution is 5.79. The van der Waals surface area contributed by atoms with E-state index >= 15 is 0 Å². The molecule has 6 heterocycles. The van der Waals surface area contributed by atoms with Crippen molar-refractivity contribution in [2.24, 2.45) is 5.92 Å². The number of piperazine rings is 1. The zero-order chi connectivity index (χ0) is 50.0. The van der Waals surface area contributed by atoms with Gasteiger partial charge in [0, 0.05) is 38.3 Å². The summed E-state index contributed by atoms with van der Waals surface area (Å²) in [6.07, 6.45) is -1.51. The van der Waals surface area contributed by atoms with E-state index in [1.165, 1.54) is 74.6 Å². The smallest absolute Gasteiger partial charge is 0.416 e. The molecule has 10 nitrogen and oxygen atoms in total. The largest absolute Gasteiger partial charge is 0.481 e. The van der Waals surface area contributed by atoms with Gasteiger partial charge in [-0.15, -0.1) is 0 Å². The van der Waals surface area contributed by atoms with E-state index in [4.69, 9.17) is 14.6 Å². The standard InChI is InChI=1S/C27H32F3N3O2.C19H28N2O.C9H7F3O2.CH4/c28-27(29,30)22-10-6-9-21(15-22)16-25(34)33-14-13-32(17-20-7-2-1-3-8-20)24-19-35-18-23(26(24)33)31-11-4-5-12-31;1-2-7-16(8-3-1)13-21-12-6-9-17-18(14-22-15-19(17)21)20-10-4-5-11-20;10-9(11,12)7-3-1-2-6(4-7)5-8(13)14;/h1-3,6-10,15,23-24,26H,4-5,11-14,16-19H2;1-3,7-8,17-19H,4-6,9-15H2;1-4H,5H2,(H,13,14);1H4/t23-,24+,26+;17-,18+,19-;;/m01../s1. The number of fused-ring (bicyclic) bond motifs is 2. The molecule has 0 unspecified atom stereocenters. The molecule has 0 aliphatic carbocycles. The lowest BCUT2D eigenvalue weighted by molar-refractivity contribution is -0.153. The molecule has 10 rings (SSSR count). The van der Waals surface area contributed by atoms with Crippen LogP contribution in [-0.4, -0.2) is 144 Å². The van der Waals surface area contributed by atoms with E-state index in [9.17, 15) is 35.9 Å². The van der Waals surface area contributed by atoms with E-state index in [1.54, 1.807) is 6.07 Å². The lowest BCUT2D eigenvalue weighted by Gasteiger charge is -2.54. The van der Waals surface area contributed by atoms with Gasteiger partial charge in [0.1, 0.15) is 0 Å². The van der Waals surface area contributed by atoms with Crippen LogP contribution in [0.25, 0.3) is 0 Å².